The summed E-state index contributed by atoms with van der Waals surface area (Å²) in [4.78, 5) is 18.7. The van der Waals surface area contributed by atoms with E-state index in [0.717, 1.165) is 21.5 Å². The third kappa shape index (κ3) is 4.55. The molecule has 0 spiro atoms. The van der Waals surface area contributed by atoms with Gasteiger partial charge in [-0.05, 0) is 49.2 Å². The van der Waals surface area contributed by atoms with Gasteiger partial charge in [0.15, 0.2) is 17.3 Å². The van der Waals surface area contributed by atoms with Gasteiger partial charge in [0.1, 0.15) is 24.7 Å². The van der Waals surface area contributed by atoms with Crippen LogP contribution in [-0.2, 0) is 6.61 Å². The van der Waals surface area contributed by atoms with Crippen molar-refractivity contribution in [3.8, 4) is 28.5 Å². The molecule has 0 bridgehead atoms. The van der Waals surface area contributed by atoms with Gasteiger partial charge in [-0.25, -0.2) is 4.98 Å². The minimum Gasteiger partial charge on any atom is -0.493 e. The standard InChI is InChI=1S/C28H27NO6S/c1-16-4-3-5-18-26-25(36-28(16)18)15-35-23-11-7-19(29-27(23)26)21(32)9-8-20(31)17-6-10-22(34-13-12-30)24(14-17)33-2/h3-7,10-11,14,21,30,32H,8-9,12-13,15H2,1-2H3. The van der Waals surface area contributed by atoms with E-state index in [1.807, 2.05) is 12.1 Å². The molecule has 1 atom stereocenters. The summed E-state index contributed by atoms with van der Waals surface area (Å²) >= 11 is 1.72. The molecule has 2 N–H and O–H groups in total. The summed E-state index contributed by atoms with van der Waals surface area (Å²) in [6.07, 6.45) is -0.528. The Labute approximate surface area is 212 Å². The summed E-state index contributed by atoms with van der Waals surface area (Å²) < 4.78 is 17.9. The van der Waals surface area contributed by atoms with E-state index in [2.05, 4.69) is 19.1 Å². The van der Waals surface area contributed by atoms with E-state index in [1.165, 1.54) is 17.4 Å². The van der Waals surface area contributed by atoms with Crippen molar-refractivity contribution in [2.45, 2.75) is 32.5 Å². The molecule has 0 amide bonds. The number of ether oxygens (including phenoxy) is 3. The molecule has 1 aliphatic rings. The van der Waals surface area contributed by atoms with Gasteiger partial charge in [0.05, 0.1) is 30.4 Å². The third-order valence-corrected chi connectivity index (χ3v) is 7.60. The van der Waals surface area contributed by atoms with Crippen LogP contribution in [-0.4, -0.2) is 41.3 Å². The summed E-state index contributed by atoms with van der Waals surface area (Å²) in [7, 11) is 1.49. The molecule has 3 heterocycles. The van der Waals surface area contributed by atoms with Gasteiger partial charge in [-0.15, -0.1) is 11.3 Å². The van der Waals surface area contributed by atoms with Crippen molar-refractivity contribution < 1.29 is 29.2 Å². The largest absolute Gasteiger partial charge is 0.493 e. The minimum absolute atomic E-state index is 0.117. The zero-order chi connectivity index (χ0) is 25.2. The van der Waals surface area contributed by atoms with Crippen LogP contribution < -0.4 is 14.2 Å². The molecule has 1 aliphatic heterocycles. The lowest BCUT2D eigenvalue weighted by Crippen LogP contribution is -2.09. The minimum atomic E-state index is -0.898. The normalized spacial score (nSPS) is 13.0. The summed E-state index contributed by atoms with van der Waals surface area (Å²) in [6, 6.07) is 14.8. The number of fused-ring (bicyclic) bond motifs is 5. The van der Waals surface area contributed by atoms with Crippen molar-refractivity contribution in [1.29, 1.82) is 0 Å². The molecule has 2 aromatic heterocycles. The van der Waals surface area contributed by atoms with Gasteiger partial charge in [0, 0.05) is 27.6 Å². The SMILES string of the molecule is COc1cc(C(=O)CCC(O)c2ccc3c(n2)-c2c(sc4c(C)cccc24)CO3)ccc1OCCO. The summed E-state index contributed by atoms with van der Waals surface area (Å²) in [5.41, 5.74) is 4.00. The Morgan fingerprint density at radius 3 is 2.86 bits per heavy atom. The summed E-state index contributed by atoms with van der Waals surface area (Å²) in [5, 5.41) is 21.0. The second-order valence-corrected chi connectivity index (χ2v) is 9.74. The fourth-order valence-corrected chi connectivity index (χ4v) is 5.61. The number of carbonyl (C=O) groups excluding carboxylic acids is 1. The number of hydrogen-bond donors (Lipinski definition) is 2. The van der Waals surface area contributed by atoms with Crippen LogP contribution in [0.5, 0.6) is 17.2 Å². The number of rotatable bonds is 9. The average molecular weight is 506 g/mol. The molecular formula is C28H27NO6S. The van der Waals surface area contributed by atoms with Crippen LogP contribution in [0, 0.1) is 6.92 Å². The zero-order valence-corrected chi connectivity index (χ0v) is 20.9. The maximum absolute atomic E-state index is 12.8. The molecule has 0 saturated carbocycles. The first-order chi connectivity index (χ1) is 17.5. The number of carbonyl (C=O) groups is 1. The van der Waals surface area contributed by atoms with E-state index in [9.17, 15) is 9.90 Å². The number of Topliss-reactive ketones (excluding diaryl/α,β-unsaturated/α-hetero) is 1. The van der Waals surface area contributed by atoms with Crippen LogP contribution in [0.3, 0.4) is 0 Å². The van der Waals surface area contributed by atoms with Crippen molar-refractivity contribution >= 4 is 27.2 Å². The smallest absolute Gasteiger partial charge is 0.163 e. The van der Waals surface area contributed by atoms with Crippen molar-refractivity contribution in [2.24, 2.45) is 0 Å². The molecule has 0 radical (unpaired) electrons. The Morgan fingerprint density at radius 1 is 1.19 bits per heavy atom. The van der Waals surface area contributed by atoms with Crippen molar-refractivity contribution in [3.63, 3.8) is 0 Å². The zero-order valence-electron chi connectivity index (χ0n) is 20.1. The molecule has 8 heteroatoms. The molecule has 5 rings (SSSR count). The number of thiophene rings is 1. The van der Waals surface area contributed by atoms with Crippen LogP contribution in [0.25, 0.3) is 21.3 Å². The summed E-state index contributed by atoms with van der Waals surface area (Å²) in [6.45, 7) is 2.62. The first-order valence-electron chi connectivity index (χ1n) is 11.8. The molecule has 4 aromatic rings. The number of aromatic nitrogens is 1. The van der Waals surface area contributed by atoms with Gasteiger partial charge in [0.2, 0.25) is 0 Å². The lowest BCUT2D eigenvalue weighted by atomic mass is 10.00. The molecule has 2 aromatic carbocycles. The number of methoxy groups -OCH3 is 1. The van der Waals surface area contributed by atoms with E-state index in [1.54, 1.807) is 35.6 Å². The van der Waals surface area contributed by atoms with E-state index in [-0.39, 0.29) is 31.8 Å². The monoisotopic (exact) mass is 505 g/mol. The molecule has 36 heavy (non-hydrogen) atoms. The Bertz CT molecular complexity index is 1430. The maximum Gasteiger partial charge on any atom is 0.163 e. The number of aryl methyl sites for hydroxylation is 1. The molecular weight excluding hydrogens is 478 g/mol. The highest BCUT2D eigenvalue weighted by atomic mass is 32.1. The third-order valence-electron chi connectivity index (χ3n) is 6.28. The lowest BCUT2D eigenvalue weighted by Gasteiger charge is -2.19. The van der Waals surface area contributed by atoms with Crippen LogP contribution in [0.2, 0.25) is 0 Å². The molecule has 186 valence electrons. The molecule has 1 unspecified atom stereocenters. The maximum atomic E-state index is 12.8. The van der Waals surface area contributed by atoms with E-state index in [4.69, 9.17) is 24.3 Å². The van der Waals surface area contributed by atoms with Crippen molar-refractivity contribution in [2.75, 3.05) is 20.3 Å². The number of aliphatic hydroxyl groups excluding tert-OH is 2. The van der Waals surface area contributed by atoms with Gasteiger partial charge in [-0.2, -0.15) is 0 Å². The fourth-order valence-electron chi connectivity index (χ4n) is 4.43. The number of aliphatic hydroxyl groups is 2. The molecule has 0 saturated heterocycles. The Morgan fingerprint density at radius 2 is 2.06 bits per heavy atom. The second-order valence-electron chi connectivity index (χ2n) is 8.64. The number of pyridine rings is 1. The number of ketones is 1. The number of benzene rings is 2. The topological polar surface area (TPSA) is 98.1 Å². The van der Waals surface area contributed by atoms with Crippen molar-refractivity contribution in [1.82, 2.24) is 4.98 Å². The van der Waals surface area contributed by atoms with Crippen LogP contribution in [0.15, 0.2) is 48.5 Å². The van der Waals surface area contributed by atoms with Gasteiger partial charge in [-0.3, -0.25) is 4.79 Å². The molecule has 0 fully saturated rings. The lowest BCUT2D eigenvalue weighted by molar-refractivity contribution is 0.0937. The van der Waals surface area contributed by atoms with Crippen LogP contribution in [0.4, 0.5) is 0 Å². The molecule has 0 aliphatic carbocycles. The number of nitrogens with zero attached hydrogens (tertiary/aromatic N) is 1. The van der Waals surface area contributed by atoms with E-state index >= 15 is 0 Å². The van der Waals surface area contributed by atoms with E-state index in [0.29, 0.717) is 35.1 Å². The van der Waals surface area contributed by atoms with Crippen molar-refractivity contribution in [3.05, 3.63) is 70.2 Å². The van der Waals surface area contributed by atoms with Crippen LogP contribution in [0.1, 0.15) is 45.4 Å². The van der Waals surface area contributed by atoms with Gasteiger partial charge < -0.3 is 24.4 Å². The fraction of sp³-hybridized carbons (Fsp3) is 0.286. The highest BCUT2D eigenvalue weighted by Crippen LogP contribution is 2.46. The van der Waals surface area contributed by atoms with E-state index < -0.39 is 6.10 Å². The van der Waals surface area contributed by atoms with Gasteiger partial charge >= 0.3 is 0 Å². The highest BCUT2D eigenvalue weighted by molar-refractivity contribution is 7.20. The Kier molecular flexibility index (Phi) is 6.91. The summed E-state index contributed by atoms with van der Waals surface area (Å²) in [5.74, 6) is 1.45. The quantitative estimate of drug-likeness (QED) is 0.300. The number of hydrogen-bond acceptors (Lipinski definition) is 8. The predicted molar refractivity (Wildman–Crippen MR) is 138 cm³/mol. The van der Waals surface area contributed by atoms with Gasteiger partial charge in [0.25, 0.3) is 0 Å². The first kappa shape index (κ1) is 24.2. The predicted octanol–water partition coefficient (Wildman–Crippen LogP) is 5.24. The molecule has 7 nitrogen and oxygen atoms in total. The van der Waals surface area contributed by atoms with Gasteiger partial charge in [-0.1, -0.05) is 18.2 Å². The first-order valence-corrected chi connectivity index (χ1v) is 12.6. The van der Waals surface area contributed by atoms with Crippen LogP contribution >= 0.6 is 11.3 Å². The second kappa shape index (κ2) is 10.3. The highest BCUT2D eigenvalue weighted by Gasteiger charge is 2.26. The average Bonchev–Trinajstić information content (AvgIpc) is 3.30. The Hall–Kier alpha value is -3.46. The Balaban J connectivity index is 1.34.